The number of nitrogens with zero attached hydrogens (tertiary/aromatic N) is 6. The molecule has 0 amide bonds. The minimum atomic E-state index is -0.459. The number of fused-ring (bicyclic) bond motifs is 1. The molecule has 5 rings (SSSR count). The quantitative estimate of drug-likeness (QED) is 0.222. The van der Waals surface area contributed by atoms with Gasteiger partial charge in [-0.1, -0.05) is 34.5 Å². The zero-order valence-corrected chi connectivity index (χ0v) is 18.5. The Bertz CT molecular complexity index is 1410. The van der Waals surface area contributed by atoms with Gasteiger partial charge in [-0.2, -0.15) is 9.38 Å². The number of benzene rings is 1. The lowest BCUT2D eigenvalue weighted by Crippen LogP contribution is -2.04. The molecule has 0 spiro atoms. The van der Waals surface area contributed by atoms with Gasteiger partial charge in [0.15, 0.2) is 11.0 Å². The maximum Gasteiger partial charge on any atom is 0.363 e. The molecule has 0 N–H and O–H groups in total. The fourth-order valence-corrected chi connectivity index (χ4v) is 5.18. The monoisotopic (exact) mass is 492 g/mol. The molecule has 0 saturated carbocycles. The normalized spacial score (nSPS) is 11.4. The molecule has 13 heteroatoms. The van der Waals surface area contributed by atoms with E-state index in [0.717, 1.165) is 11.8 Å². The van der Waals surface area contributed by atoms with Crippen molar-refractivity contribution in [2.75, 3.05) is 0 Å². The van der Waals surface area contributed by atoms with Gasteiger partial charge in [0, 0.05) is 16.0 Å². The van der Waals surface area contributed by atoms with E-state index in [1.807, 2.05) is 6.07 Å². The van der Waals surface area contributed by atoms with Crippen molar-refractivity contribution in [2.45, 2.75) is 16.7 Å². The molecule has 0 bridgehead atoms. The molecule has 0 atom stereocenters. The third-order valence-corrected chi connectivity index (χ3v) is 6.61. The predicted molar refractivity (Wildman–Crippen MR) is 117 cm³/mol. The standard InChI is InChI=1S/C18H10Cl2N6O3S2/c19-10-3-4-12(13(20)8-10)14-22-23-18(25(14)9-11-2-1-6-29-11)31-15-16(26(27)28)24-5-7-30-17(24)21-15/h1-8H,9H2. The van der Waals surface area contributed by atoms with Crippen molar-refractivity contribution < 1.29 is 9.34 Å². The zero-order valence-electron chi connectivity index (χ0n) is 15.3. The second-order valence-corrected chi connectivity index (χ2v) is 8.92. The third kappa shape index (κ3) is 3.69. The molecule has 0 fully saturated rings. The highest BCUT2D eigenvalue weighted by atomic mass is 35.5. The van der Waals surface area contributed by atoms with Crippen LogP contribution in [0.15, 0.2) is 62.8 Å². The molecule has 156 valence electrons. The number of halogens is 2. The molecule has 9 nitrogen and oxygen atoms in total. The van der Waals surface area contributed by atoms with Crippen LogP contribution >= 0.6 is 46.3 Å². The van der Waals surface area contributed by atoms with Crippen LogP contribution in [0, 0.1) is 10.1 Å². The van der Waals surface area contributed by atoms with Gasteiger partial charge >= 0.3 is 5.82 Å². The number of furan rings is 1. The van der Waals surface area contributed by atoms with Gasteiger partial charge in [-0.15, -0.1) is 10.2 Å². The Morgan fingerprint density at radius 3 is 2.87 bits per heavy atom. The highest BCUT2D eigenvalue weighted by molar-refractivity contribution is 7.99. The molecule has 0 aliphatic carbocycles. The van der Waals surface area contributed by atoms with E-state index in [2.05, 4.69) is 15.2 Å². The van der Waals surface area contributed by atoms with Crippen molar-refractivity contribution in [2.24, 2.45) is 0 Å². The van der Waals surface area contributed by atoms with E-state index in [1.165, 1.54) is 15.7 Å². The van der Waals surface area contributed by atoms with E-state index in [9.17, 15) is 10.1 Å². The smallest absolute Gasteiger partial charge is 0.363 e. The van der Waals surface area contributed by atoms with Crippen LogP contribution < -0.4 is 0 Å². The van der Waals surface area contributed by atoms with Crippen LogP contribution in [0.25, 0.3) is 16.3 Å². The van der Waals surface area contributed by atoms with Crippen molar-refractivity contribution >= 4 is 57.1 Å². The summed E-state index contributed by atoms with van der Waals surface area (Å²) in [6, 6.07) is 8.66. The van der Waals surface area contributed by atoms with Gasteiger partial charge in [-0.25, -0.2) is 0 Å². The molecule has 4 heterocycles. The molecular formula is C18H10Cl2N6O3S2. The maximum atomic E-state index is 11.7. The van der Waals surface area contributed by atoms with Crippen molar-refractivity contribution in [1.29, 1.82) is 0 Å². The summed E-state index contributed by atoms with van der Waals surface area (Å²) in [5.41, 5.74) is 0.622. The van der Waals surface area contributed by atoms with Crippen molar-refractivity contribution in [3.63, 3.8) is 0 Å². The highest BCUT2D eigenvalue weighted by Crippen LogP contribution is 2.38. The second kappa shape index (κ2) is 8.00. The summed E-state index contributed by atoms with van der Waals surface area (Å²) in [5, 5.41) is 23.5. The molecule has 1 aromatic carbocycles. The van der Waals surface area contributed by atoms with Crippen LogP contribution in [0.1, 0.15) is 5.76 Å². The van der Waals surface area contributed by atoms with Gasteiger partial charge in [-0.05, 0) is 47.0 Å². The molecule has 5 aromatic rings. The van der Waals surface area contributed by atoms with Crippen LogP contribution in [0.2, 0.25) is 10.0 Å². The van der Waals surface area contributed by atoms with Crippen molar-refractivity contribution in [1.82, 2.24) is 24.1 Å². The molecule has 0 unspecified atom stereocenters. The fourth-order valence-electron chi connectivity index (χ4n) is 3.01. The Hall–Kier alpha value is -2.86. The van der Waals surface area contributed by atoms with Gasteiger partial charge in [0.05, 0.1) is 17.8 Å². The zero-order chi connectivity index (χ0) is 21.5. The van der Waals surface area contributed by atoms with E-state index < -0.39 is 4.92 Å². The summed E-state index contributed by atoms with van der Waals surface area (Å²) in [4.78, 5) is 16.1. The predicted octanol–water partition coefficient (Wildman–Crippen LogP) is 5.66. The number of aromatic nitrogens is 5. The minimum Gasteiger partial charge on any atom is -0.467 e. The lowest BCUT2D eigenvalue weighted by Gasteiger charge is -2.09. The van der Waals surface area contributed by atoms with Crippen LogP contribution in [0.5, 0.6) is 0 Å². The van der Waals surface area contributed by atoms with Gasteiger partial charge in [0.25, 0.3) is 4.96 Å². The first-order valence-electron chi connectivity index (χ1n) is 8.70. The molecular weight excluding hydrogens is 483 g/mol. The fraction of sp³-hybridized carbons (Fsp3) is 0.0556. The Balaban J connectivity index is 1.62. The molecule has 0 saturated heterocycles. The largest absolute Gasteiger partial charge is 0.467 e. The molecule has 0 radical (unpaired) electrons. The third-order valence-electron chi connectivity index (χ3n) is 4.35. The summed E-state index contributed by atoms with van der Waals surface area (Å²) >= 11 is 14.8. The van der Waals surface area contributed by atoms with Gasteiger partial charge in [0.2, 0.25) is 5.03 Å². The van der Waals surface area contributed by atoms with Crippen LogP contribution in [-0.2, 0) is 6.54 Å². The Morgan fingerprint density at radius 2 is 2.13 bits per heavy atom. The van der Waals surface area contributed by atoms with Crippen LogP contribution in [0.4, 0.5) is 5.82 Å². The summed E-state index contributed by atoms with van der Waals surface area (Å²) < 4.78 is 8.70. The average Bonchev–Trinajstić information content (AvgIpc) is 3.48. The topological polar surface area (TPSA) is 104 Å². The highest BCUT2D eigenvalue weighted by Gasteiger charge is 2.27. The number of imidazole rings is 1. The Morgan fingerprint density at radius 1 is 1.26 bits per heavy atom. The number of nitro groups is 1. The van der Waals surface area contributed by atoms with Crippen molar-refractivity contribution in [3.05, 3.63) is 74.1 Å². The van der Waals surface area contributed by atoms with Crippen LogP contribution in [0.3, 0.4) is 0 Å². The Kier molecular flexibility index (Phi) is 5.18. The first-order chi connectivity index (χ1) is 15.0. The molecule has 0 aliphatic heterocycles. The van der Waals surface area contributed by atoms with Crippen molar-refractivity contribution in [3.8, 4) is 11.4 Å². The summed E-state index contributed by atoms with van der Waals surface area (Å²) in [6.07, 6.45) is 3.18. The van der Waals surface area contributed by atoms with E-state index in [-0.39, 0.29) is 10.8 Å². The van der Waals surface area contributed by atoms with Crippen LogP contribution in [-0.4, -0.2) is 29.1 Å². The number of hydrogen-bond acceptors (Lipinski definition) is 8. The van der Waals surface area contributed by atoms with E-state index in [0.29, 0.717) is 43.9 Å². The Labute approximate surface area is 192 Å². The van der Waals surface area contributed by atoms with E-state index in [1.54, 1.807) is 46.7 Å². The van der Waals surface area contributed by atoms with E-state index >= 15 is 0 Å². The number of rotatable bonds is 6. The molecule has 0 aliphatic rings. The SMILES string of the molecule is O=[N+]([O-])c1c(Sc2nnc(-c3ccc(Cl)cc3Cl)n2Cc2ccco2)nc2sccn12. The first-order valence-corrected chi connectivity index (χ1v) is 11.2. The number of hydrogen-bond donors (Lipinski definition) is 0. The summed E-state index contributed by atoms with van der Waals surface area (Å²) in [6.45, 7) is 0.298. The first kappa shape index (κ1) is 20.1. The van der Waals surface area contributed by atoms with Gasteiger partial charge < -0.3 is 14.5 Å². The maximum absolute atomic E-state index is 11.7. The van der Waals surface area contributed by atoms with Gasteiger partial charge in [0.1, 0.15) is 12.0 Å². The number of thiazole rings is 1. The lowest BCUT2D eigenvalue weighted by molar-refractivity contribution is -0.393. The molecule has 4 aromatic heterocycles. The minimum absolute atomic E-state index is 0.125. The van der Waals surface area contributed by atoms with E-state index in [4.69, 9.17) is 27.6 Å². The average molecular weight is 493 g/mol. The molecule has 31 heavy (non-hydrogen) atoms. The van der Waals surface area contributed by atoms with Gasteiger partial charge in [-0.3, -0.25) is 4.57 Å². The second-order valence-electron chi connectivity index (χ2n) is 6.25. The summed E-state index contributed by atoms with van der Waals surface area (Å²) in [7, 11) is 0. The lowest BCUT2D eigenvalue weighted by atomic mass is 10.2. The summed E-state index contributed by atoms with van der Waals surface area (Å²) in [5.74, 6) is 1.01.